The minimum atomic E-state index is -1.40. The fourth-order valence-corrected chi connectivity index (χ4v) is 4.18. The molecule has 0 aromatic heterocycles. The van der Waals surface area contributed by atoms with E-state index in [1.165, 1.54) is 36.4 Å². The molecule has 4 unspecified atom stereocenters. The van der Waals surface area contributed by atoms with Crippen molar-refractivity contribution in [2.24, 2.45) is 22.2 Å². The highest BCUT2D eigenvalue weighted by Gasteiger charge is 2.30. The van der Waals surface area contributed by atoms with Gasteiger partial charge in [-0.3, -0.25) is 24.2 Å². The van der Waals surface area contributed by atoms with Gasteiger partial charge in [-0.05, 0) is 61.1 Å². The molecule has 0 aliphatic carbocycles. The number of nitrogens with two attached hydrogens (primary N) is 3. The molecule has 3 amide bonds. The number of carbonyl (C=O) groups excluding carboxylic acids is 3. The largest absolute Gasteiger partial charge is 0.508 e. The number of hydrogen-bond acceptors (Lipinski definition) is 9. The van der Waals surface area contributed by atoms with E-state index in [-0.39, 0.29) is 56.1 Å². The van der Waals surface area contributed by atoms with E-state index in [0.29, 0.717) is 11.1 Å². The van der Waals surface area contributed by atoms with E-state index in [1.807, 2.05) is 0 Å². The molecule has 0 aliphatic rings. The Hall–Kier alpha value is -5.38. The van der Waals surface area contributed by atoms with Gasteiger partial charge in [0.2, 0.25) is 17.7 Å². The number of carbonyl (C=O) groups is 5. The molecule has 16 nitrogen and oxygen atoms in total. The second-order valence-electron chi connectivity index (χ2n) is 10.3. The number of aromatic hydroxyl groups is 2. The summed E-state index contributed by atoms with van der Waals surface area (Å²) in [6.07, 6.45) is -0.769. The molecule has 0 heterocycles. The van der Waals surface area contributed by atoms with Gasteiger partial charge in [-0.15, -0.1) is 0 Å². The van der Waals surface area contributed by atoms with Crippen molar-refractivity contribution in [1.82, 2.24) is 16.0 Å². The summed E-state index contributed by atoms with van der Waals surface area (Å²) in [7, 11) is 0. The molecule has 0 saturated heterocycles. The van der Waals surface area contributed by atoms with Crippen LogP contribution in [0.3, 0.4) is 0 Å². The van der Waals surface area contributed by atoms with E-state index in [2.05, 4.69) is 20.9 Å². The number of aliphatic imine (C=N–C) groups is 1. The van der Waals surface area contributed by atoms with Crippen LogP contribution in [0.4, 0.5) is 0 Å². The number of carboxylic acids is 2. The van der Waals surface area contributed by atoms with Crippen molar-refractivity contribution in [2.75, 3.05) is 6.54 Å². The molecular weight excluding hydrogens is 590 g/mol. The smallest absolute Gasteiger partial charge is 0.326 e. The van der Waals surface area contributed by atoms with Gasteiger partial charge in [-0.25, -0.2) is 4.79 Å². The maximum absolute atomic E-state index is 13.3. The average molecular weight is 630 g/mol. The van der Waals surface area contributed by atoms with E-state index in [1.54, 1.807) is 12.1 Å². The van der Waals surface area contributed by atoms with Gasteiger partial charge in [0, 0.05) is 19.4 Å². The quantitative estimate of drug-likeness (QED) is 0.0521. The fraction of sp³-hybridized carbons (Fsp3) is 0.379. The monoisotopic (exact) mass is 629 g/mol. The fourth-order valence-electron chi connectivity index (χ4n) is 4.18. The van der Waals surface area contributed by atoms with Crippen LogP contribution < -0.4 is 33.2 Å². The molecule has 2 aromatic carbocycles. The topological polar surface area (TPSA) is 293 Å². The van der Waals surface area contributed by atoms with Crippen LogP contribution in [0.1, 0.15) is 36.8 Å². The summed E-state index contributed by atoms with van der Waals surface area (Å²) in [5, 5.41) is 45.2. The molecule has 0 saturated carbocycles. The Morgan fingerprint density at radius 3 is 1.64 bits per heavy atom. The first-order chi connectivity index (χ1) is 21.2. The normalized spacial score (nSPS) is 13.4. The Labute approximate surface area is 258 Å². The summed E-state index contributed by atoms with van der Waals surface area (Å²) in [4.78, 5) is 66.5. The van der Waals surface area contributed by atoms with Gasteiger partial charge < -0.3 is 53.6 Å². The summed E-state index contributed by atoms with van der Waals surface area (Å²) in [5.74, 6) is -5.29. The van der Waals surface area contributed by atoms with Crippen molar-refractivity contribution in [3.05, 3.63) is 59.7 Å². The average Bonchev–Trinajstić information content (AvgIpc) is 2.98. The number of rotatable bonds is 18. The highest BCUT2D eigenvalue weighted by Crippen LogP contribution is 2.13. The molecule has 244 valence electrons. The number of phenolic OH excluding ortho intramolecular Hbond substituents is 2. The van der Waals surface area contributed by atoms with Crippen molar-refractivity contribution in [1.29, 1.82) is 0 Å². The van der Waals surface area contributed by atoms with Crippen LogP contribution in [0, 0.1) is 0 Å². The maximum Gasteiger partial charge on any atom is 0.326 e. The second-order valence-corrected chi connectivity index (χ2v) is 10.3. The van der Waals surface area contributed by atoms with Crippen LogP contribution in [0.5, 0.6) is 11.5 Å². The van der Waals surface area contributed by atoms with E-state index < -0.39 is 60.2 Å². The van der Waals surface area contributed by atoms with Crippen LogP contribution in [-0.2, 0) is 36.8 Å². The number of nitrogens with one attached hydrogen (secondary N) is 3. The zero-order valence-corrected chi connectivity index (χ0v) is 24.4. The first kappa shape index (κ1) is 35.8. The third-order valence-corrected chi connectivity index (χ3v) is 6.58. The first-order valence-electron chi connectivity index (χ1n) is 14.0. The molecule has 45 heavy (non-hydrogen) atoms. The van der Waals surface area contributed by atoms with Crippen molar-refractivity contribution in [3.63, 3.8) is 0 Å². The Morgan fingerprint density at radius 1 is 0.689 bits per heavy atom. The van der Waals surface area contributed by atoms with Crippen LogP contribution in [0.2, 0.25) is 0 Å². The molecule has 0 radical (unpaired) electrons. The number of phenols is 2. The molecule has 0 spiro atoms. The lowest BCUT2D eigenvalue weighted by molar-refractivity contribution is -0.142. The zero-order chi connectivity index (χ0) is 33.5. The first-order valence-corrected chi connectivity index (χ1v) is 14.0. The van der Waals surface area contributed by atoms with Crippen molar-refractivity contribution in [3.8, 4) is 11.5 Å². The number of carboxylic acid groups (broad SMARTS) is 2. The Bertz CT molecular complexity index is 1350. The van der Waals surface area contributed by atoms with Gasteiger partial charge in [0.15, 0.2) is 5.96 Å². The molecule has 13 N–H and O–H groups in total. The Kier molecular flexibility index (Phi) is 14.1. The zero-order valence-electron chi connectivity index (χ0n) is 24.4. The summed E-state index contributed by atoms with van der Waals surface area (Å²) in [6, 6.07) is 6.43. The predicted octanol–water partition coefficient (Wildman–Crippen LogP) is -1.33. The van der Waals surface area contributed by atoms with Gasteiger partial charge in [-0.1, -0.05) is 24.3 Å². The minimum absolute atomic E-state index is 0.0223. The van der Waals surface area contributed by atoms with Crippen LogP contribution >= 0.6 is 0 Å². The highest BCUT2D eigenvalue weighted by atomic mass is 16.4. The molecule has 0 bridgehead atoms. The standard InChI is InChI=1S/C29H39N7O9/c30-20(14-16-3-7-18(37)8-4-16)25(41)34-22(11-12-24(39)40)27(43)35-21(2-1-13-33-29(31)32)26(42)36-23(28(44)45)15-17-5-9-19(38)10-6-17/h3-10,20-23,37-38H,1-2,11-15,30H2,(H,34,41)(H,35,43)(H,36,42)(H,39,40)(H,44,45)(H4,31,32,33). The van der Waals surface area contributed by atoms with Crippen molar-refractivity contribution < 1.29 is 44.4 Å². The molecule has 16 heteroatoms. The van der Waals surface area contributed by atoms with Crippen LogP contribution in [0.15, 0.2) is 53.5 Å². The maximum atomic E-state index is 13.3. The second kappa shape index (κ2) is 17.7. The lowest BCUT2D eigenvalue weighted by Crippen LogP contribution is -2.57. The predicted molar refractivity (Wildman–Crippen MR) is 162 cm³/mol. The molecule has 0 aliphatic heterocycles. The summed E-state index contributed by atoms with van der Waals surface area (Å²) in [5.41, 5.74) is 17.8. The number of hydrogen-bond donors (Lipinski definition) is 10. The Morgan fingerprint density at radius 2 is 1.16 bits per heavy atom. The molecule has 2 aromatic rings. The summed E-state index contributed by atoms with van der Waals surface area (Å²) < 4.78 is 0. The van der Waals surface area contributed by atoms with E-state index in [0.717, 1.165) is 0 Å². The SMILES string of the molecule is NC(N)=NCCCC(NC(=O)C(CCC(=O)O)NC(=O)C(N)Cc1ccc(O)cc1)C(=O)NC(Cc1ccc(O)cc1)C(=O)O. The number of aliphatic carboxylic acids is 2. The van der Waals surface area contributed by atoms with Gasteiger partial charge in [0.1, 0.15) is 29.6 Å². The number of guanidine groups is 1. The van der Waals surface area contributed by atoms with Crippen LogP contribution in [0.25, 0.3) is 0 Å². The Balaban J connectivity index is 2.20. The van der Waals surface area contributed by atoms with Gasteiger partial charge in [0.05, 0.1) is 6.04 Å². The lowest BCUT2D eigenvalue weighted by atomic mass is 10.0. The number of amides is 3. The van der Waals surface area contributed by atoms with Gasteiger partial charge in [0.25, 0.3) is 0 Å². The number of nitrogens with zero attached hydrogens (tertiary/aromatic N) is 1. The number of benzene rings is 2. The van der Waals surface area contributed by atoms with Crippen LogP contribution in [-0.4, -0.2) is 86.8 Å². The third kappa shape index (κ3) is 13.2. The molecule has 4 atom stereocenters. The summed E-state index contributed by atoms with van der Waals surface area (Å²) >= 11 is 0. The molecular formula is C29H39N7O9. The van der Waals surface area contributed by atoms with E-state index in [9.17, 15) is 44.4 Å². The van der Waals surface area contributed by atoms with Crippen molar-refractivity contribution >= 4 is 35.6 Å². The molecule has 0 fully saturated rings. The van der Waals surface area contributed by atoms with E-state index >= 15 is 0 Å². The summed E-state index contributed by atoms with van der Waals surface area (Å²) in [6.45, 7) is 0.0865. The molecule has 2 rings (SSSR count). The van der Waals surface area contributed by atoms with E-state index in [4.69, 9.17) is 17.2 Å². The third-order valence-electron chi connectivity index (χ3n) is 6.58. The van der Waals surface area contributed by atoms with Gasteiger partial charge >= 0.3 is 11.9 Å². The highest BCUT2D eigenvalue weighted by molar-refractivity contribution is 5.94. The van der Waals surface area contributed by atoms with Gasteiger partial charge in [-0.2, -0.15) is 0 Å². The lowest BCUT2D eigenvalue weighted by Gasteiger charge is -2.25. The minimum Gasteiger partial charge on any atom is -0.508 e. The van der Waals surface area contributed by atoms with Crippen molar-refractivity contribution in [2.45, 2.75) is 62.7 Å².